The van der Waals surface area contributed by atoms with E-state index < -0.39 is 8.80 Å². The zero-order valence-electron chi connectivity index (χ0n) is 9.61. The Balaban J connectivity index is 3.69. The first-order chi connectivity index (χ1) is 8.36. The molecular weight excluding hydrogens is 584 g/mol. The predicted octanol–water partition coefficient (Wildman–Crippen LogP) is 4.58. The van der Waals surface area contributed by atoms with Crippen molar-refractivity contribution in [1.29, 1.82) is 0 Å². The Hall–Kier alpha value is 1.72. The lowest BCUT2D eigenvalue weighted by Gasteiger charge is -2.27. The van der Waals surface area contributed by atoms with Gasteiger partial charge in [0.15, 0.2) is 0 Å². The maximum atomic E-state index is 5.51. The fourth-order valence-electron chi connectivity index (χ4n) is 1.43. The number of halogens is 5. The average molecular weight is 593 g/mol. The zero-order chi connectivity index (χ0) is 14.1. The van der Waals surface area contributed by atoms with E-state index in [2.05, 4.69) is 79.6 Å². The molecule has 0 aromatic heterocycles. The van der Waals surface area contributed by atoms with Gasteiger partial charge in [0, 0.05) is 43.7 Å². The van der Waals surface area contributed by atoms with Gasteiger partial charge < -0.3 is 13.3 Å². The molecule has 0 spiro atoms. The van der Waals surface area contributed by atoms with Crippen molar-refractivity contribution < 1.29 is 13.3 Å². The van der Waals surface area contributed by atoms with E-state index in [1.54, 1.807) is 21.3 Å². The first-order valence-corrected chi connectivity index (χ1v) is 10.2. The lowest BCUT2D eigenvalue weighted by Crippen LogP contribution is -2.56. The highest BCUT2D eigenvalue weighted by molar-refractivity contribution is 9.15. The van der Waals surface area contributed by atoms with Crippen molar-refractivity contribution in [3.63, 3.8) is 0 Å². The van der Waals surface area contributed by atoms with Crippen LogP contribution in [-0.4, -0.2) is 30.1 Å². The van der Waals surface area contributed by atoms with Gasteiger partial charge in [-0.3, -0.25) is 0 Å². The minimum Gasteiger partial charge on any atom is -0.373 e. The molecule has 0 aliphatic carbocycles. The van der Waals surface area contributed by atoms with Crippen LogP contribution >= 0.6 is 79.6 Å². The Labute approximate surface area is 149 Å². The first-order valence-electron chi connectivity index (χ1n) is 4.53. The SMILES string of the molecule is CO[Si](OC)(OC)c1c(Br)c(Br)c(Br)c(Br)c1Br. The molecule has 0 radical (unpaired) electrons. The highest BCUT2D eigenvalue weighted by Crippen LogP contribution is 2.41. The first kappa shape index (κ1) is 17.8. The maximum absolute atomic E-state index is 5.51. The number of rotatable bonds is 4. The Morgan fingerprint density at radius 3 is 1.17 bits per heavy atom. The van der Waals surface area contributed by atoms with E-state index in [1.807, 2.05) is 0 Å². The van der Waals surface area contributed by atoms with E-state index in [4.69, 9.17) is 13.3 Å². The molecule has 3 nitrogen and oxygen atoms in total. The minimum absolute atomic E-state index is 0.817. The molecule has 0 saturated heterocycles. The van der Waals surface area contributed by atoms with Crippen LogP contribution in [-0.2, 0) is 13.3 Å². The summed E-state index contributed by atoms with van der Waals surface area (Å²) in [6.07, 6.45) is 0. The standard InChI is InChI=1S/C9H9Br5O3Si/c1-15-18(16-2,17-3)9-7(13)5(11)4(10)6(12)8(9)14/h1-3H3. The van der Waals surface area contributed by atoms with Crippen molar-refractivity contribution in [2.75, 3.05) is 21.3 Å². The van der Waals surface area contributed by atoms with Crippen LogP contribution in [0.4, 0.5) is 0 Å². The monoisotopic (exact) mass is 588 g/mol. The summed E-state index contributed by atoms with van der Waals surface area (Å²) >= 11 is 17.6. The summed E-state index contributed by atoms with van der Waals surface area (Å²) < 4.78 is 20.8. The molecule has 0 aliphatic rings. The number of benzene rings is 1. The number of hydrogen-bond donors (Lipinski definition) is 0. The third-order valence-electron chi connectivity index (χ3n) is 2.32. The molecule has 9 heteroatoms. The summed E-state index contributed by atoms with van der Waals surface area (Å²) in [4.78, 5) is 0. The van der Waals surface area contributed by atoms with Crippen LogP contribution in [0.15, 0.2) is 22.4 Å². The molecule has 18 heavy (non-hydrogen) atoms. The molecule has 0 saturated carbocycles. The van der Waals surface area contributed by atoms with Crippen LogP contribution < -0.4 is 5.19 Å². The molecule has 0 heterocycles. The van der Waals surface area contributed by atoms with Gasteiger partial charge in [0.2, 0.25) is 0 Å². The van der Waals surface area contributed by atoms with Crippen molar-refractivity contribution in [2.24, 2.45) is 0 Å². The molecular formula is C9H9Br5O3Si. The van der Waals surface area contributed by atoms with Crippen LogP contribution in [0.5, 0.6) is 0 Å². The fraction of sp³-hybridized carbons (Fsp3) is 0.333. The lowest BCUT2D eigenvalue weighted by atomic mass is 10.4. The highest BCUT2D eigenvalue weighted by atomic mass is 79.9. The summed E-state index contributed by atoms with van der Waals surface area (Å²) in [5.41, 5.74) is 0. The summed E-state index contributed by atoms with van der Waals surface area (Å²) in [6.45, 7) is 0. The van der Waals surface area contributed by atoms with E-state index in [0.29, 0.717) is 0 Å². The van der Waals surface area contributed by atoms with E-state index in [9.17, 15) is 0 Å². The third-order valence-corrected chi connectivity index (χ3v) is 11.9. The quantitative estimate of drug-likeness (QED) is 0.291. The molecule has 0 unspecified atom stereocenters. The average Bonchev–Trinajstić information content (AvgIpc) is 2.39. The summed E-state index contributed by atoms with van der Waals surface area (Å²) in [5.74, 6) is 0. The van der Waals surface area contributed by atoms with Crippen LogP contribution in [0.25, 0.3) is 0 Å². The second kappa shape index (κ2) is 7.12. The van der Waals surface area contributed by atoms with Gasteiger partial charge >= 0.3 is 8.80 Å². The zero-order valence-corrected chi connectivity index (χ0v) is 18.5. The molecule has 102 valence electrons. The van der Waals surface area contributed by atoms with Gasteiger partial charge in [-0.2, -0.15) is 0 Å². The van der Waals surface area contributed by atoms with E-state index >= 15 is 0 Å². The van der Waals surface area contributed by atoms with Gasteiger partial charge in [-0.25, -0.2) is 0 Å². The van der Waals surface area contributed by atoms with Crippen LogP contribution in [0.1, 0.15) is 0 Å². The topological polar surface area (TPSA) is 27.7 Å². The normalized spacial score (nSPS) is 12.0. The van der Waals surface area contributed by atoms with E-state index in [-0.39, 0.29) is 0 Å². The predicted molar refractivity (Wildman–Crippen MR) is 91.4 cm³/mol. The van der Waals surface area contributed by atoms with Gasteiger partial charge in [0.1, 0.15) is 0 Å². The molecule has 0 aliphatic heterocycles. The third kappa shape index (κ3) is 2.99. The van der Waals surface area contributed by atoms with Crippen LogP contribution in [0.2, 0.25) is 0 Å². The molecule has 1 rings (SSSR count). The molecule has 0 N–H and O–H groups in total. The summed E-state index contributed by atoms with van der Waals surface area (Å²) in [5, 5.41) is 0.817. The minimum atomic E-state index is -2.94. The van der Waals surface area contributed by atoms with Crippen molar-refractivity contribution in [1.82, 2.24) is 0 Å². The summed E-state index contributed by atoms with van der Waals surface area (Å²) in [7, 11) is 1.77. The highest BCUT2D eigenvalue weighted by Gasteiger charge is 2.46. The molecule has 0 amide bonds. The van der Waals surface area contributed by atoms with Crippen LogP contribution in [0.3, 0.4) is 0 Å². The maximum Gasteiger partial charge on any atom is 0.538 e. The van der Waals surface area contributed by atoms with Crippen molar-refractivity contribution in [2.45, 2.75) is 0 Å². The Morgan fingerprint density at radius 1 is 0.611 bits per heavy atom. The second-order valence-corrected chi connectivity index (χ2v) is 9.92. The summed E-state index contributed by atoms with van der Waals surface area (Å²) in [6, 6.07) is 0. The van der Waals surface area contributed by atoms with Crippen molar-refractivity contribution in [3.8, 4) is 0 Å². The Kier molecular flexibility index (Phi) is 7.03. The molecule has 1 aromatic rings. The van der Waals surface area contributed by atoms with E-state index in [1.165, 1.54) is 0 Å². The largest absolute Gasteiger partial charge is 0.538 e. The van der Waals surface area contributed by atoms with Gasteiger partial charge in [-0.15, -0.1) is 0 Å². The molecule has 1 aromatic carbocycles. The smallest absolute Gasteiger partial charge is 0.373 e. The molecule has 0 fully saturated rings. The number of hydrogen-bond acceptors (Lipinski definition) is 3. The lowest BCUT2D eigenvalue weighted by molar-refractivity contribution is 0.140. The van der Waals surface area contributed by atoms with Crippen molar-refractivity contribution >= 4 is 93.6 Å². The molecule has 0 atom stereocenters. The van der Waals surface area contributed by atoms with Gasteiger partial charge in [0.25, 0.3) is 0 Å². The van der Waals surface area contributed by atoms with Gasteiger partial charge in [0.05, 0.1) is 5.19 Å². The van der Waals surface area contributed by atoms with Crippen LogP contribution in [0, 0.1) is 0 Å². The van der Waals surface area contributed by atoms with Crippen molar-refractivity contribution in [3.05, 3.63) is 22.4 Å². The molecule has 0 bridgehead atoms. The van der Waals surface area contributed by atoms with Gasteiger partial charge in [-0.05, 0) is 79.6 Å². The van der Waals surface area contributed by atoms with E-state index in [0.717, 1.165) is 27.6 Å². The van der Waals surface area contributed by atoms with Gasteiger partial charge in [-0.1, -0.05) is 0 Å². The Morgan fingerprint density at radius 2 is 0.889 bits per heavy atom. The second-order valence-electron chi connectivity index (χ2n) is 3.11. The Bertz CT molecular complexity index is 427. The fourth-order valence-corrected chi connectivity index (χ4v) is 8.20.